The highest BCUT2D eigenvalue weighted by Crippen LogP contribution is 2.67. The van der Waals surface area contributed by atoms with Crippen molar-refractivity contribution in [3.05, 3.63) is 11.6 Å². The molecule has 0 bridgehead atoms. The Morgan fingerprint density at radius 2 is 1.71 bits per heavy atom. The van der Waals surface area contributed by atoms with Crippen molar-refractivity contribution < 1.29 is 14.2 Å². The zero-order chi connectivity index (χ0) is 24.5. The summed E-state index contributed by atoms with van der Waals surface area (Å²) in [5, 5.41) is 0. The fourth-order valence-electron chi connectivity index (χ4n) is 9.24. The van der Waals surface area contributed by atoms with Crippen LogP contribution < -0.4 is 0 Å². The number of hydrogen-bond donors (Lipinski definition) is 0. The van der Waals surface area contributed by atoms with Crippen molar-refractivity contribution in [2.45, 2.75) is 118 Å². The lowest BCUT2D eigenvalue weighted by Crippen LogP contribution is -2.51. The highest BCUT2D eigenvalue weighted by Gasteiger charge is 2.59. The van der Waals surface area contributed by atoms with Gasteiger partial charge in [-0.05, 0) is 97.7 Å². The van der Waals surface area contributed by atoms with E-state index in [9.17, 15) is 0 Å². The second-order valence-electron chi connectivity index (χ2n) is 13.4. The van der Waals surface area contributed by atoms with Gasteiger partial charge in [0.1, 0.15) is 0 Å². The molecule has 0 aromatic carbocycles. The highest BCUT2D eigenvalue weighted by atomic mass is 16.7. The van der Waals surface area contributed by atoms with Gasteiger partial charge in [-0.2, -0.15) is 0 Å². The summed E-state index contributed by atoms with van der Waals surface area (Å²) in [6, 6.07) is 0. The van der Waals surface area contributed by atoms with Gasteiger partial charge in [-0.25, -0.2) is 0 Å². The lowest BCUT2D eigenvalue weighted by atomic mass is 9.47. The van der Waals surface area contributed by atoms with Crippen LogP contribution in [0.1, 0.15) is 105 Å². The van der Waals surface area contributed by atoms with Crippen LogP contribution in [0.3, 0.4) is 0 Å². The molecule has 0 saturated heterocycles. The maximum atomic E-state index is 6.24. The van der Waals surface area contributed by atoms with Gasteiger partial charge in [0.2, 0.25) is 0 Å². The van der Waals surface area contributed by atoms with Crippen molar-refractivity contribution in [2.75, 3.05) is 20.8 Å². The molecule has 0 radical (unpaired) electrons. The van der Waals surface area contributed by atoms with Crippen molar-refractivity contribution in [1.29, 1.82) is 0 Å². The van der Waals surface area contributed by atoms with Gasteiger partial charge < -0.3 is 14.2 Å². The number of rotatable bonds is 10. The van der Waals surface area contributed by atoms with Crippen LogP contribution in [0.2, 0.25) is 0 Å². The zero-order valence-corrected chi connectivity index (χ0v) is 23.4. The molecule has 0 N–H and O–H groups in total. The molecule has 3 fully saturated rings. The Hall–Kier alpha value is -0.380. The summed E-state index contributed by atoms with van der Waals surface area (Å²) in [7, 11) is 3.38. The first-order chi connectivity index (χ1) is 16.2. The lowest BCUT2D eigenvalue weighted by Gasteiger charge is -2.58. The molecule has 0 aromatic heterocycles. The Balaban J connectivity index is 1.41. The van der Waals surface area contributed by atoms with Gasteiger partial charge >= 0.3 is 0 Å². The average molecular weight is 475 g/mol. The van der Waals surface area contributed by atoms with Crippen LogP contribution in [0.25, 0.3) is 0 Å². The third kappa shape index (κ3) is 5.05. The van der Waals surface area contributed by atoms with E-state index in [0.717, 1.165) is 41.9 Å². The molecule has 0 aromatic rings. The number of allylic oxidation sites excluding steroid dienone is 1. The summed E-state index contributed by atoms with van der Waals surface area (Å²) in [6.45, 7) is 13.2. The summed E-state index contributed by atoms with van der Waals surface area (Å²) in [4.78, 5) is 0. The number of fused-ring (bicyclic) bond motifs is 5. The van der Waals surface area contributed by atoms with Gasteiger partial charge in [0.05, 0.1) is 12.7 Å². The first kappa shape index (κ1) is 26.7. The molecule has 4 aliphatic rings. The minimum absolute atomic E-state index is 0.253. The molecule has 0 heterocycles. The van der Waals surface area contributed by atoms with Gasteiger partial charge in [-0.1, -0.05) is 65.5 Å². The van der Waals surface area contributed by atoms with Crippen LogP contribution in [0.4, 0.5) is 0 Å². The van der Waals surface area contributed by atoms with Gasteiger partial charge in [-0.15, -0.1) is 0 Å². The Morgan fingerprint density at radius 1 is 0.941 bits per heavy atom. The molecule has 196 valence electrons. The summed E-state index contributed by atoms with van der Waals surface area (Å²) < 4.78 is 16.9. The van der Waals surface area contributed by atoms with E-state index in [2.05, 4.69) is 40.7 Å². The van der Waals surface area contributed by atoms with Gasteiger partial charge in [0.15, 0.2) is 6.29 Å². The molecule has 0 spiro atoms. The van der Waals surface area contributed by atoms with Crippen molar-refractivity contribution >= 4 is 0 Å². The Labute approximate surface area is 210 Å². The first-order valence-corrected chi connectivity index (χ1v) is 14.6. The quantitative estimate of drug-likeness (QED) is 0.237. The van der Waals surface area contributed by atoms with Gasteiger partial charge in [-0.3, -0.25) is 0 Å². The molecule has 34 heavy (non-hydrogen) atoms. The molecule has 0 amide bonds. The summed E-state index contributed by atoms with van der Waals surface area (Å²) in [6.07, 6.45) is 17.8. The van der Waals surface area contributed by atoms with E-state index in [1.54, 1.807) is 19.8 Å². The standard InChI is InChI=1S/C31H54O3/c1-21(2)9-8-10-22(3)26-13-14-27-25-12-11-23-19-24(34-20-29(32-6)33-7)15-17-30(23,4)28(25)16-18-31(26,27)5/h11,21-22,24-29H,8-10,12-20H2,1-7H3/t22-,24+,25?,26?,27?,28?,30+,31-/m1/s1. The summed E-state index contributed by atoms with van der Waals surface area (Å²) in [5.41, 5.74) is 2.68. The van der Waals surface area contributed by atoms with E-state index in [1.165, 1.54) is 64.2 Å². The molecule has 3 nitrogen and oxygen atoms in total. The number of methoxy groups -OCH3 is 2. The summed E-state index contributed by atoms with van der Waals surface area (Å²) in [5.74, 6) is 5.42. The molecule has 4 aliphatic carbocycles. The van der Waals surface area contributed by atoms with Crippen molar-refractivity contribution in [3.8, 4) is 0 Å². The third-order valence-corrected chi connectivity index (χ3v) is 11.3. The Kier molecular flexibility index (Phi) is 8.58. The highest BCUT2D eigenvalue weighted by molar-refractivity contribution is 5.25. The van der Waals surface area contributed by atoms with Crippen LogP contribution >= 0.6 is 0 Å². The van der Waals surface area contributed by atoms with Gasteiger partial charge in [0.25, 0.3) is 0 Å². The zero-order valence-electron chi connectivity index (χ0n) is 23.4. The molecular formula is C31H54O3. The number of hydrogen-bond acceptors (Lipinski definition) is 3. The third-order valence-electron chi connectivity index (χ3n) is 11.3. The lowest BCUT2D eigenvalue weighted by molar-refractivity contribution is -0.156. The molecular weight excluding hydrogens is 420 g/mol. The largest absolute Gasteiger partial charge is 0.373 e. The maximum Gasteiger partial charge on any atom is 0.180 e. The van der Waals surface area contributed by atoms with Crippen LogP contribution in [0.15, 0.2) is 11.6 Å². The van der Waals surface area contributed by atoms with Crippen LogP contribution in [0, 0.1) is 46.3 Å². The van der Waals surface area contributed by atoms with Crippen LogP contribution in [-0.2, 0) is 14.2 Å². The van der Waals surface area contributed by atoms with Gasteiger partial charge in [0, 0.05) is 14.2 Å². The van der Waals surface area contributed by atoms with E-state index in [-0.39, 0.29) is 6.29 Å². The predicted molar refractivity (Wildman–Crippen MR) is 141 cm³/mol. The molecule has 3 saturated carbocycles. The fourth-order valence-corrected chi connectivity index (χ4v) is 9.24. The minimum atomic E-state index is -0.253. The molecule has 0 aliphatic heterocycles. The van der Waals surface area contributed by atoms with Crippen LogP contribution in [-0.4, -0.2) is 33.2 Å². The summed E-state index contributed by atoms with van der Waals surface area (Å²) >= 11 is 0. The average Bonchev–Trinajstić information content (AvgIpc) is 3.16. The smallest absolute Gasteiger partial charge is 0.180 e. The van der Waals surface area contributed by atoms with E-state index >= 15 is 0 Å². The molecule has 4 unspecified atom stereocenters. The molecule has 4 rings (SSSR count). The monoisotopic (exact) mass is 474 g/mol. The van der Waals surface area contributed by atoms with Crippen molar-refractivity contribution in [1.82, 2.24) is 0 Å². The first-order valence-electron chi connectivity index (χ1n) is 14.6. The van der Waals surface area contributed by atoms with Crippen molar-refractivity contribution in [2.24, 2.45) is 46.3 Å². The van der Waals surface area contributed by atoms with E-state index in [0.29, 0.717) is 23.5 Å². The maximum absolute atomic E-state index is 6.24. The second-order valence-corrected chi connectivity index (χ2v) is 13.4. The second kappa shape index (κ2) is 10.9. The number of ether oxygens (including phenoxy) is 3. The Morgan fingerprint density at radius 3 is 2.41 bits per heavy atom. The molecule has 3 heteroatoms. The predicted octanol–water partition coefficient (Wildman–Crippen LogP) is 8.03. The Bertz CT molecular complexity index is 697. The van der Waals surface area contributed by atoms with E-state index in [4.69, 9.17) is 14.2 Å². The van der Waals surface area contributed by atoms with Crippen molar-refractivity contribution in [3.63, 3.8) is 0 Å². The van der Waals surface area contributed by atoms with E-state index in [1.807, 2.05) is 0 Å². The van der Waals surface area contributed by atoms with Crippen LogP contribution in [0.5, 0.6) is 0 Å². The topological polar surface area (TPSA) is 27.7 Å². The van der Waals surface area contributed by atoms with E-state index < -0.39 is 0 Å². The molecule has 8 atom stereocenters. The minimum Gasteiger partial charge on any atom is -0.373 e. The normalized spacial score (nSPS) is 40.6. The SMILES string of the molecule is COC(CO[C@H]1CC[C@@]2(C)C(=CCC3C4CCC([C@H](C)CCCC(C)C)[C@@]4(C)CCC32)C1)OC. The fraction of sp³-hybridized carbons (Fsp3) is 0.935.